The number of imidazole rings is 1. The first-order valence-electron chi connectivity index (χ1n) is 16.2. The van der Waals surface area contributed by atoms with Gasteiger partial charge in [-0.1, -0.05) is 56.7 Å². The Labute approximate surface area is 270 Å². The van der Waals surface area contributed by atoms with E-state index in [0.717, 1.165) is 53.1 Å². The Hall–Kier alpha value is -3.82. The summed E-state index contributed by atoms with van der Waals surface area (Å²) in [6.45, 7) is 6.67. The van der Waals surface area contributed by atoms with E-state index in [1.165, 1.54) is 32.4 Å². The lowest BCUT2D eigenvalue weighted by Crippen LogP contribution is -2.57. The van der Waals surface area contributed by atoms with Gasteiger partial charge in [0.05, 0.1) is 24.8 Å². The number of carbonyl (C=O) groups is 1. The number of thiophene rings is 1. The van der Waals surface area contributed by atoms with Gasteiger partial charge in [0.2, 0.25) is 5.75 Å². The van der Waals surface area contributed by atoms with Gasteiger partial charge in [-0.3, -0.25) is 0 Å². The number of nitrogens with one attached hydrogen (secondary N) is 1. The minimum absolute atomic E-state index is 0.120. The fourth-order valence-electron chi connectivity index (χ4n) is 7.03. The summed E-state index contributed by atoms with van der Waals surface area (Å²) in [6, 6.07) is 18.7. The van der Waals surface area contributed by atoms with E-state index in [-0.39, 0.29) is 23.9 Å². The Morgan fingerprint density at radius 2 is 1.58 bits per heavy atom. The molecule has 2 atom stereocenters. The van der Waals surface area contributed by atoms with Gasteiger partial charge in [-0.2, -0.15) is 0 Å². The summed E-state index contributed by atoms with van der Waals surface area (Å²) in [7, 11) is 3.16. The van der Waals surface area contributed by atoms with Gasteiger partial charge in [0.1, 0.15) is 11.5 Å². The van der Waals surface area contributed by atoms with Gasteiger partial charge >= 0.3 is 6.09 Å². The average molecular weight is 629 g/mol. The number of amides is 1. The Bertz CT molecular complexity index is 1530. The number of aromatic amines is 1. The molecular weight excluding hydrogens is 584 g/mol. The first kappa shape index (κ1) is 31.2. The normalized spacial score (nSPS) is 20.6. The standard InChI is InChI=1S/C36H44N4O4S/c1-5-26-22-28(39-17-11-8-12-18-39)23-27(6-2)40(26)36(41)44-34-29(42-3)20-25(21-30(34)43-4)35-37-32(24-14-9-7-10-15-24)33(38-35)31-16-13-19-45-31/h7,9-10,13-16,19-21,26-28H,5-6,8,11-12,17-18,22-23H2,1-4H3,(H,37,38). The van der Waals surface area contributed by atoms with E-state index in [1.807, 2.05) is 41.3 Å². The summed E-state index contributed by atoms with van der Waals surface area (Å²) >= 11 is 1.65. The number of H-pyrrole nitrogens is 1. The molecule has 8 nitrogen and oxygen atoms in total. The number of ether oxygens (including phenoxy) is 3. The van der Waals surface area contributed by atoms with Crippen molar-refractivity contribution in [1.82, 2.24) is 19.8 Å². The van der Waals surface area contributed by atoms with Gasteiger partial charge in [0.15, 0.2) is 11.5 Å². The van der Waals surface area contributed by atoms with Crippen molar-refractivity contribution in [1.29, 1.82) is 0 Å². The van der Waals surface area contributed by atoms with Crippen molar-refractivity contribution in [3.8, 4) is 50.5 Å². The number of aromatic nitrogens is 2. The molecule has 0 aliphatic carbocycles. The van der Waals surface area contributed by atoms with Crippen LogP contribution in [0, 0.1) is 0 Å². The number of methoxy groups -OCH3 is 2. The SMILES string of the molecule is CCC1CC(N2CCCCC2)CC(CC)N1C(=O)Oc1c(OC)cc(-c2nc(-c3cccs3)c(-c3ccccc3)[nH]2)cc1OC. The van der Waals surface area contributed by atoms with Crippen molar-refractivity contribution in [3.05, 3.63) is 60.0 Å². The lowest BCUT2D eigenvalue weighted by molar-refractivity contribution is 0.0202. The Balaban J connectivity index is 1.30. The first-order chi connectivity index (χ1) is 22.0. The molecule has 0 spiro atoms. The molecule has 238 valence electrons. The maximum atomic E-state index is 14.0. The number of benzene rings is 2. The molecule has 45 heavy (non-hydrogen) atoms. The predicted molar refractivity (Wildman–Crippen MR) is 180 cm³/mol. The molecular formula is C36H44N4O4S. The lowest BCUT2D eigenvalue weighted by Gasteiger charge is -2.48. The molecule has 4 heterocycles. The second kappa shape index (κ2) is 14.1. The number of piperidine rings is 2. The van der Waals surface area contributed by atoms with Crippen molar-refractivity contribution in [2.75, 3.05) is 27.3 Å². The second-order valence-electron chi connectivity index (χ2n) is 12.0. The highest BCUT2D eigenvalue weighted by atomic mass is 32.1. The van der Waals surface area contributed by atoms with Crippen molar-refractivity contribution in [2.45, 2.75) is 76.9 Å². The monoisotopic (exact) mass is 628 g/mol. The van der Waals surface area contributed by atoms with Crippen LogP contribution in [0.3, 0.4) is 0 Å². The van der Waals surface area contributed by atoms with Gasteiger partial charge in [0, 0.05) is 29.3 Å². The molecule has 0 saturated carbocycles. The highest BCUT2D eigenvalue weighted by Crippen LogP contribution is 2.44. The van der Waals surface area contributed by atoms with E-state index in [1.54, 1.807) is 25.6 Å². The Morgan fingerprint density at radius 1 is 0.911 bits per heavy atom. The molecule has 2 aliphatic rings. The molecule has 1 N–H and O–H groups in total. The van der Waals surface area contributed by atoms with Crippen LogP contribution in [0.1, 0.15) is 58.8 Å². The highest BCUT2D eigenvalue weighted by Gasteiger charge is 2.40. The number of hydrogen-bond donors (Lipinski definition) is 1. The van der Waals surface area contributed by atoms with Gasteiger partial charge in [0.25, 0.3) is 0 Å². The van der Waals surface area contributed by atoms with Crippen LogP contribution in [0.4, 0.5) is 4.79 Å². The van der Waals surface area contributed by atoms with Gasteiger partial charge < -0.3 is 29.0 Å². The Kier molecular flexibility index (Phi) is 9.76. The zero-order chi connectivity index (χ0) is 31.3. The van der Waals surface area contributed by atoms with Crippen molar-refractivity contribution >= 4 is 17.4 Å². The van der Waals surface area contributed by atoms with E-state index in [0.29, 0.717) is 23.4 Å². The minimum atomic E-state index is -0.348. The first-order valence-corrected chi connectivity index (χ1v) is 17.1. The quantitative estimate of drug-likeness (QED) is 0.200. The molecule has 2 aromatic carbocycles. The fraction of sp³-hybridized carbons (Fsp3) is 0.444. The van der Waals surface area contributed by atoms with Crippen LogP contribution in [0.5, 0.6) is 17.2 Å². The van der Waals surface area contributed by atoms with E-state index < -0.39 is 0 Å². The summed E-state index contributed by atoms with van der Waals surface area (Å²) in [6.07, 6.45) is 7.24. The number of hydrogen-bond acceptors (Lipinski definition) is 7. The van der Waals surface area contributed by atoms with Crippen LogP contribution >= 0.6 is 11.3 Å². The predicted octanol–water partition coefficient (Wildman–Crippen LogP) is 8.50. The lowest BCUT2D eigenvalue weighted by atomic mass is 9.87. The Morgan fingerprint density at radius 3 is 2.16 bits per heavy atom. The van der Waals surface area contributed by atoms with E-state index in [4.69, 9.17) is 19.2 Å². The van der Waals surface area contributed by atoms with E-state index in [9.17, 15) is 4.79 Å². The molecule has 2 aromatic heterocycles. The average Bonchev–Trinajstić information content (AvgIpc) is 3.79. The zero-order valence-corrected chi connectivity index (χ0v) is 27.6. The molecule has 2 aliphatic heterocycles. The summed E-state index contributed by atoms with van der Waals surface area (Å²) in [5.41, 5.74) is 3.63. The third-order valence-corrected chi connectivity index (χ3v) is 10.3. The van der Waals surface area contributed by atoms with Crippen LogP contribution in [-0.4, -0.2) is 71.3 Å². The van der Waals surface area contributed by atoms with Gasteiger partial charge in [-0.05, 0) is 75.2 Å². The largest absolute Gasteiger partial charge is 0.493 e. The maximum absolute atomic E-state index is 14.0. The number of likely N-dealkylation sites (tertiary alicyclic amines) is 2. The molecule has 1 amide bonds. The second-order valence-corrected chi connectivity index (χ2v) is 12.9. The zero-order valence-electron chi connectivity index (χ0n) is 26.8. The molecule has 0 bridgehead atoms. The maximum Gasteiger partial charge on any atom is 0.416 e. The minimum Gasteiger partial charge on any atom is -0.493 e. The van der Waals surface area contributed by atoms with Crippen LogP contribution in [0.25, 0.3) is 33.2 Å². The van der Waals surface area contributed by atoms with E-state index in [2.05, 4.69) is 47.3 Å². The molecule has 2 fully saturated rings. The molecule has 9 heteroatoms. The van der Waals surface area contributed by atoms with Crippen molar-refractivity contribution in [3.63, 3.8) is 0 Å². The third kappa shape index (κ3) is 6.47. The number of rotatable bonds is 9. The number of carbonyl (C=O) groups excluding carboxylic acids is 1. The van der Waals surface area contributed by atoms with Gasteiger partial charge in [-0.15, -0.1) is 11.3 Å². The molecule has 4 aromatic rings. The highest BCUT2D eigenvalue weighted by molar-refractivity contribution is 7.13. The number of nitrogens with zero attached hydrogens (tertiary/aromatic N) is 3. The van der Waals surface area contributed by atoms with Crippen molar-refractivity contribution < 1.29 is 19.0 Å². The molecule has 0 radical (unpaired) electrons. The van der Waals surface area contributed by atoms with Crippen molar-refractivity contribution in [2.24, 2.45) is 0 Å². The van der Waals surface area contributed by atoms with Crippen LogP contribution < -0.4 is 14.2 Å². The summed E-state index contributed by atoms with van der Waals surface area (Å²) < 4.78 is 17.8. The van der Waals surface area contributed by atoms with Gasteiger partial charge in [-0.25, -0.2) is 9.78 Å². The summed E-state index contributed by atoms with van der Waals surface area (Å²) in [5.74, 6) is 1.78. The third-order valence-electron chi connectivity index (χ3n) is 9.38. The van der Waals surface area contributed by atoms with E-state index >= 15 is 0 Å². The van der Waals surface area contributed by atoms with Crippen LogP contribution in [0.2, 0.25) is 0 Å². The molecule has 2 unspecified atom stereocenters. The molecule has 2 saturated heterocycles. The summed E-state index contributed by atoms with van der Waals surface area (Å²) in [4.78, 5) is 28.3. The fourth-order valence-corrected chi connectivity index (χ4v) is 7.75. The topological polar surface area (TPSA) is 79.9 Å². The van der Waals surface area contributed by atoms with Crippen LogP contribution in [0.15, 0.2) is 60.0 Å². The smallest absolute Gasteiger partial charge is 0.416 e. The summed E-state index contributed by atoms with van der Waals surface area (Å²) in [5, 5.41) is 2.05. The molecule has 6 rings (SSSR count). The van der Waals surface area contributed by atoms with Crippen LogP contribution in [-0.2, 0) is 0 Å².